The Morgan fingerprint density at radius 1 is 0.556 bits per heavy atom. The highest BCUT2D eigenvalue weighted by Crippen LogP contribution is 2.42. The fourth-order valence-corrected chi connectivity index (χ4v) is 8.25. The summed E-state index contributed by atoms with van der Waals surface area (Å²) >= 11 is 0. The van der Waals surface area contributed by atoms with Crippen molar-refractivity contribution >= 4 is 44.8 Å². The van der Waals surface area contributed by atoms with Gasteiger partial charge in [0, 0.05) is 61.8 Å². The van der Waals surface area contributed by atoms with E-state index in [4.69, 9.17) is 24.3 Å². The third-order valence-electron chi connectivity index (χ3n) is 11.5. The molecule has 0 unspecified atom stereocenters. The summed E-state index contributed by atoms with van der Waals surface area (Å²) in [6.45, 7) is 7.45. The molecule has 0 amide bonds. The van der Waals surface area contributed by atoms with Crippen molar-refractivity contribution in [2.75, 3.05) is 63.4 Å². The van der Waals surface area contributed by atoms with Crippen LogP contribution >= 0.6 is 0 Å². The van der Waals surface area contributed by atoms with E-state index in [9.17, 15) is 5.11 Å². The molecule has 0 spiro atoms. The molecule has 0 fully saturated rings. The van der Waals surface area contributed by atoms with Gasteiger partial charge in [-0.05, 0) is 103 Å². The second kappa shape index (κ2) is 19.7. The molecule has 1 N–H and O–H groups in total. The molecule has 0 saturated heterocycles. The van der Waals surface area contributed by atoms with Crippen molar-refractivity contribution in [3.8, 4) is 17.2 Å². The Kier molecular flexibility index (Phi) is 13.3. The third-order valence-corrected chi connectivity index (χ3v) is 11.5. The SMILES string of the molecule is CCN(CC)c1ccc2nc3ccc(N=Nc4ccc(N(CCO)CCOC(c5ccccc5)(c5ccc(OC)cc5)c5ccc(OC)cc5)cc4)cc3[n+](-c3ccccc3)c2c1. The summed E-state index contributed by atoms with van der Waals surface area (Å²) in [5.74, 6) is 1.52. The van der Waals surface area contributed by atoms with Gasteiger partial charge in [-0.3, -0.25) is 0 Å². The van der Waals surface area contributed by atoms with Crippen molar-refractivity contribution in [3.63, 3.8) is 0 Å². The number of benzene rings is 7. The van der Waals surface area contributed by atoms with Gasteiger partial charge in [0.25, 0.3) is 0 Å². The Hall–Kier alpha value is -7.14. The van der Waals surface area contributed by atoms with Gasteiger partial charge in [-0.1, -0.05) is 72.8 Å². The summed E-state index contributed by atoms with van der Waals surface area (Å²) in [6, 6.07) is 57.1. The first-order valence-electron chi connectivity index (χ1n) is 21.4. The zero-order valence-electron chi connectivity index (χ0n) is 36.3. The molecule has 0 bridgehead atoms. The van der Waals surface area contributed by atoms with E-state index >= 15 is 0 Å². The fourth-order valence-electron chi connectivity index (χ4n) is 8.25. The minimum Gasteiger partial charge on any atom is -0.497 e. The number of aliphatic hydroxyl groups is 1. The average Bonchev–Trinajstić information content (AvgIpc) is 3.35. The number of fused-ring (bicyclic) bond motifs is 2. The van der Waals surface area contributed by atoms with Crippen molar-refractivity contribution in [3.05, 3.63) is 187 Å². The van der Waals surface area contributed by atoms with E-state index < -0.39 is 5.60 Å². The number of nitrogens with zero attached hydrogens (tertiary/aromatic N) is 6. The van der Waals surface area contributed by atoms with Crippen molar-refractivity contribution in [2.45, 2.75) is 19.4 Å². The van der Waals surface area contributed by atoms with Gasteiger partial charge < -0.3 is 29.1 Å². The quantitative estimate of drug-likeness (QED) is 0.0398. The smallest absolute Gasteiger partial charge is 0.239 e. The lowest BCUT2D eigenvalue weighted by Crippen LogP contribution is -2.37. The number of para-hydroxylation sites is 1. The molecule has 8 aromatic rings. The molecule has 0 saturated carbocycles. The summed E-state index contributed by atoms with van der Waals surface area (Å²) in [6.07, 6.45) is 0. The molecule has 1 aromatic heterocycles. The van der Waals surface area contributed by atoms with E-state index in [-0.39, 0.29) is 6.61 Å². The van der Waals surface area contributed by atoms with Crippen molar-refractivity contribution in [1.82, 2.24) is 4.98 Å². The van der Waals surface area contributed by atoms with Gasteiger partial charge in [0.2, 0.25) is 16.7 Å². The third kappa shape index (κ3) is 9.09. The number of methoxy groups -OCH3 is 2. The normalized spacial score (nSPS) is 11.6. The van der Waals surface area contributed by atoms with Gasteiger partial charge in [0.1, 0.15) is 28.1 Å². The van der Waals surface area contributed by atoms with Crippen LogP contribution in [0.25, 0.3) is 27.8 Å². The summed E-state index contributed by atoms with van der Waals surface area (Å²) in [7, 11) is 3.33. The molecule has 63 heavy (non-hydrogen) atoms. The zero-order valence-corrected chi connectivity index (χ0v) is 36.3. The highest BCUT2D eigenvalue weighted by Gasteiger charge is 2.38. The molecule has 0 atom stereocenters. The maximum atomic E-state index is 10.2. The number of hydrogen-bond acceptors (Lipinski definition) is 9. The Bertz CT molecular complexity index is 2720. The van der Waals surface area contributed by atoms with E-state index in [1.165, 1.54) is 0 Å². The van der Waals surface area contributed by atoms with Crippen LogP contribution in [-0.4, -0.2) is 63.7 Å². The van der Waals surface area contributed by atoms with Crippen molar-refractivity contribution < 1.29 is 23.9 Å². The predicted octanol–water partition coefficient (Wildman–Crippen LogP) is 10.8. The van der Waals surface area contributed by atoms with Crippen molar-refractivity contribution in [1.29, 1.82) is 0 Å². The summed E-state index contributed by atoms with van der Waals surface area (Å²) in [4.78, 5) is 9.52. The number of ether oxygens (including phenoxy) is 3. The molecule has 10 heteroatoms. The largest absolute Gasteiger partial charge is 0.497 e. The number of rotatable bonds is 18. The van der Waals surface area contributed by atoms with Gasteiger partial charge in [0.15, 0.2) is 0 Å². The van der Waals surface area contributed by atoms with Crippen molar-refractivity contribution in [2.24, 2.45) is 10.2 Å². The average molecular weight is 838 g/mol. The minimum absolute atomic E-state index is 0.0197. The standard InChI is InChI=1S/C53H53N6O4/c1-5-57(6-2)46-26-32-50-52(38-46)59(45-15-11-8-12-16-45)51-37-43(23-31-49(51)54-50)56-55-42-21-24-44(25-22-42)58(33-35-60)34-36-63-53(39-13-9-7-10-14-39,40-17-27-47(61-3)28-18-40)41-19-29-48(62-4)30-20-41/h7-32,37-38,60H,5-6,33-36H2,1-4H3/q+1. The highest BCUT2D eigenvalue weighted by atomic mass is 16.5. The molecule has 8 rings (SSSR count). The van der Waals surface area contributed by atoms with Gasteiger partial charge in [-0.2, -0.15) is 10.2 Å². The second-order valence-electron chi connectivity index (χ2n) is 15.1. The first-order chi connectivity index (χ1) is 31.0. The van der Waals surface area contributed by atoms with E-state index in [2.05, 4.69) is 112 Å². The molecular formula is C53H53N6O4+. The van der Waals surface area contributed by atoms with Crippen LogP contribution in [0, 0.1) is 0 Å². The lowest BCUT2D eigenvalue weighted by Gasteiger charge is -2.37. The number of aliphatic hydroxyl groups excluding tert-OH is 1. The molecule has 0 aliphatic rings. The zero-order chi connectivity index (χ0) is 43.6. The number of aromatic nitrogens is 2. The van der Waals surface area contributed by atoms with Gasteiger partial charge >= 0.3 is 0 Å². The first kappa shape index (κ1) is 42.5. The fraction of sp³-hybridized carbons (Fsp3) is 0.208. The molecule has 7 aromatic carbocycles. The predicted molar refractivity (Wildman–Crippen MR) is 253 cm³/mol. The van der Waals surface area contributed by atoms with Crippen LogP contribution in [0.3, 0.4) is 0 Å². The number of hydrogen-bond donors (Lipinski definition) is 1. The first-order valence-corrected chi connectivity index (χ1v) is 21.4. The lowest BCUT2D eigenvalue weighted by atomic mass is 9.80. The van der Waals surface area contributed by atoms with Crippen LogP contribution < -0.4 is 23.8 Å². The van der Waals surface area contributed by atoms with Crippen LogP contribution in [0.2, 0.25) is 0 Å². The van der Waals surface area contributed by atoms with E-state index in [0.29, 0.717) is 31.1 Å². The highest BCUT2D eigenvalue weighted by molar-refractivity contribution is 5.85. The molecule has 0 aliphatic carbocycles. The van der Waals surface area contributed by atoms with Crippen LogP contribution in [-0.2, 0) is 10.3 Å². The van der Waals surface area contributed by atoms with Gasteiger partial charge in [0.05, 0.1) is 38.8 Å². The molecule has 10 nitrogen and oxygen atoms in total. The monoisotopic (exact) mass is 837 g/mol. The molecule has 318 valence electrons. The summed E-state index contributed by atoms with van der Waals surface area (Å²) in [5.41, 5.74) is 10.3. The summed E-state index contributed by atoms with van der Waals surface area (Å²) < 4.78 is 20.4. The van der Waals surface area contributed by atoms with E-state index in [0.717, 1.165) is 80.4 Å². The molecule has 0 radical (unpaired) electrons. The van der Waals surface area contributed by atoms with E-state index in [1.807, 2.05) is 91.0 Å². The Labute approximate surface area is 369 Å². The van der Waals surface area contributed by atoms with Crippen LogP contribution in [0.1, 0.15) is 30.5 Å². The van der Waals surface area contributed by atoms with Crippen LogP contribution in [0.15, 0.2) is 180 Å². The Morgan fingerprint density at radius 3 is 1.67 bits per heavy atom. The topological polar surface area (TPSA) is 95.9 Å². The maximum Gasteiger partial charge on any atom is 0.239 e. The van der Waals surface area contributed by atoms with Crippen LogP contribution in [0.5, 0.6) is 11.5 Å². The number of azo groups is 1. The molecule has 1 heterocycles. The molecule has 0 aliphatic heterocycles. The van der Waals surface area contributed by atoms with E-state index in [1.54, 1.807) is 14.2 Å². The van der Waals surface area contributed by atoms with Gasteiger partial charge in [-0.15, -0.1) is 4.57 Å². The Balaban J connectivity index is 1.06. The number of anilines is 2. The second-order valence-corrected chi connectivity index (χ2v) is 15.1. The minimum atomic E-state index is -0.949. The molecular weight excluding hydrogens is 785 g/mol. The lowest BCUT2D eigenvalue weighted by molar-refractivity contribution is -0.538. The Morgan fingerprint density at radius 2 is 1.08 bits per heavy atom. The van der Waals surface area contributed by atoms with Gasteiger partial charge in [-0.25, -0.2) is 4.98 Å². The maximum absolute atomic E-state index is 10.2. The van der Waals surface area contributed by atoms with Crippen LogP contribution in [0.4, 0.5) is 22.7 Å². The summed E-state index contributed by atoms with van der Waals surface area (Å²) in [5, 5.41) is 19.5.